The van der Waals surface area contributed by atoms with Gasteiger partial charge in [0.15, 0.2) is 0 Å². The molecule has 0 aliphatic heterocycles. The smallest absolute Gasteiger partial charge is 0.0835 e. The van der Waals surface area contributed by atoms with Crippen LogP contribution in [0.4, 0.5) is 0 Å². The molecule has 2 heteroatoms. The maximum absolute atomic E-state index is 5.19. The molecule has 34 valence electrons. The highest BCUT2D eigenvalue weighted by atomic mass is 79.9. The van der Waals surface area contributed by atoms with Gasteiger partial charge in [-0.1, -0.05) is 27.8 Å². The van der Waals surface area contributed by atoms with Crippen molar-refractivity contribution in [3.63, 3.8) is 0 Å². The molecule has 0 heterocycles. The van der Waals surface area contributed by atoms with Crippen molar-refractivity contribution in [2.45, 2.75) is 0 Å². The fourth-order valence-corrected chi connectivity index (χ4v) is 0.387. The molecule has 0 nitrogen and oxygen atoms in total. The van der Waals surface area contributed by atoms with Gasteiger partial charge in [-0.25, -0.2) is 0 Å². The first-order chi connectivity index (χ1) is 2.91. The molecule has 0 spiro atoms. The monoisotopic (exact) mass is 166 g/mol. The number of rotatable bonds is 0. The Labute approximate surface area is 51.0 Å². The highest BCUT2D eigenvalue weighted by molar-refractivity contribution is 9.09. The Kier molecular flexibility index (Phi) is 5.62. The predicted octanol–water partition coefficient (Wildman–Crippen LogP) is 1.62. The summed E-state index contributed by atoms with van der Waals surface area (Å²) in [4.78, 5) is 0. The second-order valence-corrected chi connectivity index (χ2v) is 1.45. The molecule has 0 saturated carbocycles. The van der Waals surface area contributed by atoms with Gasteiger partial charge in [-0.05, 0) is 0 Å². The Hall–Kier alpha value is 0.330. The van der Waals surface area contributed by atoms with Crippen LogP contribution < -0.4 is 0 Å². The molecule has 0 fully saturated rings. The molecular formula is C4H4BrCl. The van der Waals surface area contributed by atoms with Gasteiger partial charge in [0.1, 0.15) is 0 Å². The minimum absolute atomic E-state index is 0.436. The Bertz CT molecular complexity index is 61.4. The van der Waals surface area contributed by atoms with Crippen LogP contribution in [-0.4, -0.2) is 11.2 Å². The van der Waals surface area contributed by atoms with Gasteiger partial charge >= 0.3 is 0 Å². The van der Waals surface area contributed by atoms with E-state index in [2.05, 4.69) is 27.8 Å². The second-order valence-electron chi connectivity index (χ2n) is 0.621. The Balaban J connectivity index is 2.90. The number of halogens is 2. The fourth-order valence-electron chi connectivity index (χ4n) is 0.0945. The van der Waals surface area contributed by atoms with Gasteiger partial charge in [-0.3, -0.25) is 0 Å². The van der Waals surface area contributed by atoms with Gasteiger partial charge in [0.2, 0.25) is 0 Å². The number of alkyl halides is 2. The summed E-state index contributed by atoms with van der Waals surface area (Å²) >= 11 is 8.30. The van der Waals surface area contributed by atoms with Crippen molar-refractivity contribution < 1.29 is 0 Å². The molecule has 6 heavy (non-hydrogen) atoms. The molecule has 0 unspecified atom stereocenters. The topological polar surface area (TPSA) is 0 Å². The van der Waals surface area contributed by atoms with Crippen LogP contribution in [-0.2, 0) is 0 Å². The zero-order valence-corrected chi connectivity index (χ0v) is 5.51. The maximum Gasteiger partial charge on any atom is 0.0835 e. The number of hydrogen-bond acceptors (Lipinski definition) is 0. The van der Waals surface area contributed by atoms with Crippen molar-refractivity contribution in [1.29, 1.82) is 0 Å². The maximum atomic E-state index is 5.19. The minimum Gasteiger partial charge on any atom is -0.113 e. The highest BCUT2D eigenvalue weighted by Gasteiger charge is 1.59. The van der Waals surface area contributed by atoms with E-state index in [0.29, 0.717) is 5.88 Å². The first kappa shape index (κ1) is 6.33. The zero-order valence-electron chi connectivity index (χ0n) is 3.17. The summed E-state index contributed by atoms with van der Waals surface area (Å²) in [6.45, 7) is 0. The highest BCUT2D eigenvalue weighted by Crippen LogP contribution is 1.73. The minimum atomic E-state index is 0.436. The van der Waals surface area contributed by atoms with E-state index in [1.165, 1.54) is 0 Å². The molecular weight excluding hydrogens is 163 g/mol. The lowest BCUT2D eigenvalue weighted by Gasteiger charge is -1.62. The first-order valence-electron chi connectivity index (χ1n) is 1.49. The number of hydrogen-bond donors (Lipinski definition) is 0. The molecule has 0 aromatic carbocycles. The van der Waals surface area contributed by atoms with Crippen LogP contribution in [0.15, 0.2) is 0 Å². The zero-order chi connectivity index (χ0) is 4.83. The first-order valence-corrected chi connectivity index (χ1v) is 3.15. The van der Waals surface area contributed by atoms with E-state index >= 15 is 0 Å². The molecule has 0 radical (unpaired) electrons. The van der Waals surface area contributed by atoms with Crippen molar-refractivity contribution in [2.24, 2.45) is 0 Å². The SMILES string of the molecule is ClCC#CCBr. The van der Waals surface area contributed by atoms with Gasteiger partial charge < -0.3 is 0 Å². The van der Waals surface area contributed by atoms with Crippen LogP contribution in [0.25, 0.3) is 0 Å². The van der Waals surface area contributed by atoms with E-state index < -0.39 is 0 Å². The van der Waals surface area contributed by atoms with Gasteiger partial charge in [0, 0.05) is 0 Å². The van der Waals surface area contributed by atoms with Crippen LogP contribution in [0.3, 0.4) is 0 Å². The molecule has 0 aromatic heterocycles. The summed E-state index contributed by atoms with van der Waals surface area (Å²) in [5, 5.41) is 0.722. The quantitative estimate of drug-likeness (QED) is 0.380. The average molecular weight is 167 g/mol. The van der Waals surface area contributed by atoms with Gasteiger partial charge in [0.25, 0.3) is 0 Å². The molecule has 0 saturated heterocycles. The van der Waals surface area contributed by atoms with Crippen LogP contribution in [0.2, 0.25) is 0 Å². The van der Waals surface area contributed by atoms with Crippen LogP contribution in [0, 0.1) is 11.8 Å². The van der Waals surface area contributed by atoms with E-state index in [4.69, 9.17) is 11.6 Å². The third-order valence-electron chi connectivity index (χ3n) is 0.259. The summed E-state index contributed by atoms with van der Waals surface area (Å²) in [5.74, 6) is 5.84. The third-order valence-corrected chi connectivity index (χ3v) is 0.673. The van der Waals surface area contributed by atoms with Crippen molar-refractivity contribution in [2.75, 3.05) is 11.2 Å². The molecule has 0 aliphatic rings. The Morgan fingerprint density at radius 3 is 2.33 bits per heavy atom. The normalized spacial score (nSPS) is 6.33. The summed E-state index contributed by atoms with van der Waals surface area (Å²) in [6, 6.07) is 0. The van der Waals surface area contributed by atoms with E-state index in [9.17, 15) is 0 Å². The van der Waals surface area contributed by atoms with E-state index in [1.807, 2.05) is 0 Å². The van der Waals surface area contributed by atoms with Crippen LogP contribution >= 0.6 is 27.5 Å². The molecule has 0 atom stereocenters. The van der Waals surface area contributed by atoms with Gasteiger partial charge in [-0.2, -0.15) is 0 Å². The lowest BCUT2D eigenvalue weighted by molar-refractivity contribution is 1.86. The van der Waals surface area contributed by atoms with Crippen LogP contribution in [0.5, 0.6) is 0 Å². The van der Waals surface area contributed by atoms with Crippen LogP contribution in [0.1, 0.15) is 0 Å². The summed E-state index contributed by atoms with van der Waals surface area (Å²) in [5.41, 5.74) is 0. The Morgan fingerprint density at radius 2 is 2.17 bits per heavy atom. The lowest BCUT2D eigenvalue weighted by atomic mass is 10.7. The molecule has 0 aliphatic carbocycles. The molecule has 0 rings (SSSR count). The summed E-state index contributed by atoms with van der Waals surface area (Å²) in [6.07, 6.45) is 0. The fraction of sp³-hybridized carbons (Fsp3) is 0.500. The standard InChI is InChI=1S/C4H4BrCl/c5-3-1-2-4-6/h3-4H2. The molecule has 0 bridgehead atoms. The van der Waals surface area contributed by atoms with Crippen molar-refractivity contribution in [3.8, 4) is 11.8 Å². The van der Waals surface area contributed by atoms with Crippen molar-refractivity contribution >= 4 is 27.5 Å². The predicted molar refractivity (Wildman–Crippen MR) is 32.3 cm³/mol. The third kappa shape index (κ3) is 4.33. The van der Waals surface area contributed by atoms with Crippen molar-refractivity contribution in [3.05, 3.63) is 0 Å². The lowest BCUT2D eigenvalue weighted by Crippen LogP contribution is -1.60. The Morgan fingerprint density at radius 1 is 1.50 bits per heavy atom. The van der Waals surface area contributed by atoms with E-state index in [1.54, 1.807) is 0 Å². The van der Waals surface area contributed by atoms with E-state index in [0.717, 1.165) is 5.33 Å². The largest absolute Gasteiger partial charge is 0.113 e. The van der Waals surface area contributed by atoms with Crippen molar-refractivity contribution in [1.82, 2.24) is 0 Å². The molecule has 0 amide bonds. The average Bonchev–Trinajstić information content (AvgIpc) is 1.61. The van der Waals surface area contributed by atoms with Gasteiger partial charge in [-0.15, -0.1) is 11.6 Å². The molecule has 0 aromatic rings. The second kappa shape index (κ2) is 5.33. The van der Waals surface area contributed by atoms with E-state index in [-0.39, 0.29) is 0 Å². The summed E-state index contributed by atoms with van der Waals surface area (Å²) in [7, 11) is 0. The van der Waals surface area contributed by atoms with Gasteiger partial charge in [0.05, 0.1) is 11.2 Å². The molecule has 0 N–H and O–H groups in total. The summed E-state index contributed by atoms with van der Waals surface area (Å²) < 4.78 is 0.